The van der Waals surface area contributed by atoms with Crippen LogP contribution in [0.4, 0.5) is 0 Å². The summed E-state index contributed by atoms with van der Waals surface area (Å²) in [6.45, 7) is 1.87. The number of halogens is 2. The molecule has 1 atom stereocenters. The third-order valence-corrected chi connectivity index (χ3v) is 3.80. The van der Waals surface area contributed by atoms with Gasteiger partial charge in [0.05, 0.1) is 28.3 Å². The average Bonchev–Trinajstić information content (AvgIpc) is 2.38. The van der Waals surface area contributed by atoms with E-state index in [-0.39, 0.29) is 18.3 Å². The molecular weight excluding hydrogens is 311 g/mol. The highest BCUT2D eigenvalue weighted by Crippen LogP contribution is 2.35. The first kappa shape index (κ1) is 15.8. The number of rotatable bonds is 2. The van der Waals surface area contributed by atoms with E-state index in [1.807, 2.05) is 27.1 Å². The number of carbonyl (C=O) groups excluding carboxylic acids is 1. The Balaban J connectivity index is 2.41. The summed E-state index contributed by atoms with van der Waals surface area (Å²) in [5.41, 5.74) is 0.111. The van der Waals surface area contributed by atoms with E-state index in [1.165, 1.54) is 0 Å². The van der Waals surface area contributed by atoms with Gasteiger partial charge in [-0.25, -0.2) is 9.98 Å². The second-order valence-corrected chi connectivity index (χ2v) is 6.09. The minimum Gasteiger partial charge on any atom is -0.369 e. The van der Waals surface area contributed by atoms with E-state index >= 15 is 0 Å². The second-order valence-electron chi connectivity index (χ2n) is 5.27. The summed E-state index contributed by atoms with van der Waals surface area (Å²) in [7, 11) is 3.68. The summed E-state index contributed by atoms with van der Waals surface area (Å²) >= 11 is 12.0. The van der Waals surface area contributed by atoms with Crippen LogP contribution >= 0.6 is 23.2 Å². The predicted octanol–water partition coefficient (Wildman–Crippen LogP) is 2.67. The van der Waals surface area contributed by atoms with Crippen molar-refractivity contribution < 1.29 is 4.79 Å². The van der Waals surface area contributed by atoms with Crippen LogP contribution in [0, 0.1) is 0 Å². The number of aliphatic imine (C=N–C) groups is 2. The molecule has 112 valence electrons. The Labute approximate surface area is 133 Å². The number of hydrogen-bond donors (Lipinski definition) is 1. The number of hydrogen-bond acceptors (Lipinski definition) is 3. The van der Waals surface area contributed by atoms with E-state index in [1.54, 1.807) is 23.4 Å². The van der Waals surface area contributed by atoms with Gasteiger partial charge < -0.3 is 4.90 Å². The van der Waals surface area contributed by atoms with Gasteiger partial charge in [0.2, 0.25) is 11.9 Å². The third-order valence-electron chi connectivity index (χ3n) is 3.06. The van der Waals surface area contributed by atoms with E-state index in [2.05, 4.69) is 15.3 Å². The summed E-state index contributed by atoms with van der Waals surface area (Å²) < 4.78 is 0. The number of guanidine groups is 1. The van der Waals surface area contributed by atoms with Crippen LogP contribution < -0.4 is 5.32 Å². The zero-order valence-corrected chi connectivity index (χ0v) is 13.5. The standard InChI is InChI=1S/C14H16Cl2N4O/c1-14(9-4-5-10(15)11(16)6-9)7-12(21)18-13(19-14)17-8-20(2)3/h4-6,8H,7H2,1-3H3,(H,18,19,21). The van der Waals surface area contributed by atoms with Crippen LogP contribution in [0.1, 0.15) is 18.9 Å². The van der Waals surface area contributed by atoms with Gasteiger partial charge in [0.25, 0.3) is 0 Å². The van der Waals surface area contributed by atoms with Crippen molar-refractivity contribution in [1.29, 1.82) is 0 Å². The van der Waals surface area contributed by atoms with E-state index in [0.29, 0.717) is 10.0 Å². The molecule has 0 fully saturated rings. The van der Waals surface area contributed by atoms with E-state index < -0.39 is 5.54 Å². The van der Waals surface area contributed by atoms with Gasteiger partial charge in [-0.3, -0.25) is 10.1 Å². The van der Waals surface area contributed by atoms with Crippen molar-refractivity contribution in [2.45, 2.75) is 18.9 Å². The highest BCUT2D eigenvalue weighted by Gasteiger charge is 2.34. The van der Waals surface area contributed by atoms with Gasteiger partial charge in [-0.05, 0) is 24.6 Å². The van der Waals surface area contributed by atoms with Gasteiger partial charge >= 0.3 is 0 Å². The van der Waals surface area contributed by atoms with Gasteiger partial charge in [0, 0.05) is 14.1 Å². The lowest BCUT2D eigenvalue weighted by molar-refractivity contribution is -0.121. The molecule has 2 rings (SSSR count). The lowest BCUT2D eigenvalue weighted by atomic mass is 9.88. The molecule has 1 aliphatic rings. The van der Waals surface area contributed by atoms with Crippen LogP contribution in [-0.4, -0.2) is 37.2 Å². The van der Waals surface area contributed by atoms with E-state index in [4.69, 9.17) is 23.2 Å². The molecule has 0 saturated carbocycles. The smallest absolute Gasteiger partial charge is 0.229 e. The summed E-state index contributed by atoms with van der Waals surface area (Å²) in [5.74, 6) is 0.151. The highest BCUT2D eigenvalue weighted by molar-refractivity contribution is 6.42. The van der Waals surface area contributed by atoms with Crippen LogP contribution in [0.3, 0.4) is 0 Å². The quantitative estimate of drug-likeness (QED) is 0.671. The highest BCUT2D eigenvalue weighted by atomic mass is 35.5. The molecule has 0 radical (unpaired) electrons. The molecule has 1 amide bonds. The van der Waals surface area contributed by atoms with Crippen molar-refractivity contribution in [3.05, 3.63) is 33.8 Å². The molecule has 1 aromatic carbocycles. The Kier molecular flexibility index (Phi) is 4.54. The first-order valence-corrected chi connectivity index (χ1v) is 7.11. The van der Waals surface area contributed by atoms with Crippen molar-refractivity contribution in [1.82, 2.24) is 10.2 Å². The molecule has 7 heteroatoms. The molecule has 0 aliphatic carbocycles. The van der Waals surface area contributed by atoms with Crippen LogP contribution in [0.15, 0.2) is 28.2 Å². The van der Waals surface area contributed by atoms with Crippen LogP contribution in [0.2, 0.25) is 10.0 Å². The zero-order chi connectivity index (χ0) is 15.6. The molecule has 0 bridgehead atoms. The third kappa shape index (κ3) is 3.74. The number of amides is 1. The number of carbonyl (C=O) groups is 1. The summed E-state index contributed by atoms with van der Waals surface area (Å²) in [6.07, 6.45) is 1.81. The van der Waals surface area contributed by atoms with Gasteiger partial charge in [-0.2, -0.15) is 0 Å². The van der Waals surface area contributed by atoms with Crippen molar-refractivity contribution in [3.63, 3.8) is 0 Å². The Hall–Kier alpha value is -1.59. The lowest BCUT2D eigenvalue weighted by Crippen LogP contribution is -2.42. The minimum absolute atomic E-state index is 0.135. The number of benzene rings is 1. The Bertz CT molecular complexity index is 627. The maximum atomic E-state index is 11.9. The molecule has 1 aromatic rings. The summed E-state index contributed by atoms with van der Waals surface area (Å²) in [5, 5.41) is 3.56. The molecule has 1 heterocycles. The van der Waals surface area contributed by atoms with Crippen molar-refractivity contribution in [2.24, 2.45) is 9.98 Å². The number of nitrogens with one attached hydrogen (secondary N) is 1. The topological polar surface area (TPSA) is 57.1 Å². The van der Waals surface area contributed by atoms with Crippen molar-refractivity contribution in [3.8, 4) is 0 Å². The fourth-order valence-electron chi connectivity index (χ4n) is 2.01. The Morgan fingerprint density at radius 2 is 2.10 bits per heavy atom. The van der Waals surface area contributed by atoms with Gasteiger partial charge in [0.15, 0.2) is 0 Å². The monoisotopic (exact) mass is 326 g/mol. The molecule has 0 spiro atoms. The molecule has 0 saturated heterocycles. The fraction of sp³-hybridized carbons (Fsp3) is 0.357. The fourth-order valence-corrected chi connectivity index (χ4v) is 2.31. The first-order chi connectivity index (χ1) is 9.80. The number of nitrogens with zero attached hydrogens (tertiary/aromatic N) is 3. The zero-order valence-electron chi connectivity index (χ0n) is 12.0. The van der Waals surface area contributed by atoms with E-state index in [0.717, 1.165) is 5.56 Å². The summed E-state index contributed by atoms with van der Waals surface area (Å²) in [6, 6.07) is 5.26. The van der Waals surface area contributed by atoms with Crippen LogP contribution in [0.5, 0.6) is 0 Å². The maximum absolute atomic E-state index is 11.9. The van der Waals surface area contributed by atoms with Gasteiger partial charge in [-0.1, -0.05) is 29.3 Å². The minimum atomic E-state index is -0.713. The summed E-state index contributed by atoms with van der Waals surface area (Å²) in [4.78, 5) is 22.4. The molecule has 21 heavy (non-hydrogen) atoms. The SMILES string of the molecule is CN(C)C=NC1=NC(C)(c2ccc(Cl)c(Cl)c2)CC(=O)N1. The predicted molar refractivity (Wildman–Crippen MR) is 86.2 cm³/mol. The molecule has 1 unspecified atom stereocenters. The van der Waals surface area contributed by atoms with Crippen LogP contribution in [-0.2, 0) is 10.3 Å². The van der Waals surface area contributed by atoms with Gasteiger partial charge in [-0.15, -0.1) is 0 Å². The van der Waals surface area contributed by atoms with Gasteiger partial charge in [0.1, 0.15) is 0 Å². The molecule has 1 N–H and O–H groups in total. The average molecular weight is 327 g/mol. The van der Waals surface area contributed by atoms with Crippen molar-refractivity contribution in [2.75, 3.05) is 14.1 Å². The molecule has 5 nitrogen and oxygen atoms in total. The van der Waals surface area contributed by atoms with E-state index in [9.17, 15) is 4.79 Å². The maximum Gasteiger partial charge on any atom is 0.229 e. The first-order valence-electron chi connectivity index (χ1n) is 6.36. The second kappa shape index (κ2) is 6.03. The molecule has 1 aliphatic heterocycles. The Morgan fingerprint density at radius 1 is 1.38 bits per heavy atom. The normalized spacial score (nSPS) is 22.1. The largest absolute Gasteiger partial charge is 0.369 e. The Morgan fingerprint density at radius 3 is 2.71 bits per heavy atom. The lowest BCUT2D eigenvalue weighted by Gasteiger charge is -2.29. The van der Waals surface area contributed by atoms with Crippen molar-refractivity contribution >= 4 is 41.4 Å². The molecular formula is C14H16Cl2N4O. The molecule has 0 aromatic heterocycles. The van der Waals surface area contributed by atoms with Crippen LogP contribution in [0.25, 0.3) is 0 Å².